The second kappa shape index (κ2) is 12.3. The summed E-state index contributed by atoms with van der Waals surface area (Å²) in [4.78, 5) is 19.8. The largest absolute Gasteiger partial charge is 0.489 e. The Morgan fingerprint density at radius 2 is 1.66 bits per heavy atom. The molecule has 0 aliphatic heterocycles. The van der Waals surface area contributed by atoms with E-state index in [-0.39, 0.29) is 17.9 Å². The summed E-state index contributed by atoms with van der Waals surface area (Å²) in [7, 11) is 2.08. The maximum Gasteiger partial charge on any atom is 0.232 e. The highest BCUT2D eigenvalue weighted by atomic mass is 32.1. The number of benzene rings is 3. The number of nitrogens with one attached hydrogen (secondary N) is 1. The highest BCUT2D eigenvalue weighted by molar-refractivity contribution is 7.07. The van der Waals surface area contributed by atoms with Crippen molar-refractivity contribution in [2.45, 2.75) is 32.0 Å². The molecule has 6 heteroatoms. The number of hydrogen-bond acceptors (Lipinski definition) is 5. The molecule has 0 unspecified atom stereocenters. The Labute approximate surface area is 211 Å². The van der Waals surface area contributed by atoms with Crippen LogP contribution in [0.4, 0.5) is 0 Å². The molecule has 35 heavy (non-hydrogen) atoms. The number of amides is 1. The van der Waals surface area contributed by atoms with Gasteiger partial charge in [0.1, 0.15) is 11.9 Å². The summed E-state index contributed by atoms with van der Waals surface area (Å²) < 4.78 is 6.14. The molecule has 4 rings (SSSR count). The van der Waals surface area contributed by atoms with Gasteiger partial charge in [-0.2, -0.15) is 0 Å². The highest BCUT2D eigenvalue weighted by Gasteiger charge is 2.23. The van der Waals surface area contributed by atoms with Gasteiger partial charge in [0.05, 0.1) is 23.7 Å². The average molecular weight is 486 g/mol. The zero-order valence-corrected chi connectivity index (χ0v) is 20.9. The van der Waals surface area contributed by atoms with E-state index in [1.165, 1.54) is 5.56 Å². The molecule has 3 aromatic carbocycles. The van der Waals surface area contributed by atoms with Crippen molar-refractivity contribution in [3.63, 3.8) is 0 Å². The molecular formula is C29H31N3O2S. The number of carbonyl (C=O) groups is 1. The number of carbonyl (C=O) groups excluding carboxylic acids is 1. The summed E-state index contributed by atoms with van der Waals surface area (Å²) in [5, 5.41) is 5.17. The van der Waals surface area contributed by atoms with Crippen molar-refractivity contribution in [3.8, 4) is 5.75 Å². The minimum absolute atomic E-state index is 0.0322. The van der Waals surface area contributed by atoms with Crippen molar-refractivity contribution in [2.75, 3.05) is 13.6 Å². The van der Waals surface area contributed by atoms with Gasteiger partial charge >= 0.3 is 0 Å². The molecule has 4 aromatic rings. The average Bonchev–Trinajstić information content (AvgIpc) is 3.37. The van der Waals surface area contributed by atoms with Crippen molar-refractivity contribution in [3.05, 3.63) is 118 Å². The molecule has 180 valence electrons. The van der Waals surface area contributed by atoms with Crippen LogP contribution in [0.15, 0.2) is 95.8 Å². The molecule has 0 saturated heterocycles. The zero-order valence-electron chi connectivity index (χ0n) is 20.1. The molecule has 1 heterocycles. The second-order valence-electron chi connectivity index (χ2n) is 8.73. The highest BCUT2D eigenvalue weighted by Crippen LogP contribution is 2.25. The third-order valence-corrected chi connectivity index (χ3v) is 6.33. The lowest BCUT2D eigenvalue weighted by Gasteiger charge is -2.21. The van der Waals surface area contributed by atoms with Crippen molar-refractivity contribution in [1.29, 1.82) is 0 Å². The third kappa shape index (κ3) is 7.25. The number of rotatable bonds is 11. The fourth-order valence-electron chi connectivity index (χ4n) is 4.08. The zero-order chi connectivity index (χ0) is 24.5. The Morgan fingerprint density at radius 1 is 0.971 bits per heavy atom. The maximum atomic E-state index is 13.2. The van der Waals surface area contributed by atoms with Crippen molar-refractivity contribution in [1.82, 2.24) is 15.2 Å². The fraction of sp³-hybridized carbons (Fsp3) is 0.241. The number of hydrogen-bond donors (Lipinski definition) is 1. The van der Waals surface area contributed by atoms with Crippen LogP contribution in [0.5, 0.6) is 5.75 Å². The monoisotopic (exact) mass is 485 g/mol. The lowest BCUT2D eigenvalue weighted by molar-refractivity contribution is -0.122. The molecule has 1 atom stereocenters. The van der Waals surface area contributed by atoms with E-state index in [0.717, 1.165) is 35.7 Å². The Bertz CT molecular complexity index is 1140. The summed E-state index contributed by atoms with van der Waals surface area (Å²) in [5.74, 6) is 0.408. The van der Waals surface area contributed by atoms with E-state index in [4.69, 9.17) is 4.74 Å². The third-order valence-electron chi connectivity index (χ3n) is 5.70. The number of nitrogens with zero attached hydrogens (tertiary/aromatic N) is 2. The van der Waals surface area contributed by atoms with E-state index in [1.54, 1.807) is 11.3 Å². The van der Waals surface area contributed by atoms with E-state index in [0.29, 0.717) is 6.54 Å². The molecule has 0 saturated carbocycles. The summed E-state index contributed by atoms with van der Waals surface area (Å²) in [6, 6.07) is 27.9. The van der Waals surface area contributed by atoms with Gasteiger partial charge in [-0.3, -0.25) is 9.69 Å². The van der Waals surface area contributed by atoms with Crippen LogP contribution in [0.3, 0.4) is 0 Å². The quantitative estimate of drug-likeness (QED) is 0.305. The summed E-state index contributed by atoms with van der Waals surface area (Å²) in [6.07, 6.45) is -0.172. The predicted octanol–water partition coefficient (Wildman–Crippen LogP) is 5.49. The Hall–Kier alpha value is -3.48. The van der Waals surface area contributed by atoms with Gasteiger partial charge < -0.3 is 10.1 Å². The molecule has 1 aromatic heterocycles. The topological polar surface area (TPSA) is 54.5 Å². The van der Waals surface area contributed by atoms with Gasteiger partial charge in [0.2, 0.25) is 5.91 Å². The molecular weight excluding hydrogens is 454 g/mol. The van der Waals surface area contributed by atoms with Crippen LogP contribution in [0.2, 0.25) is 0 Å². The van der Waals surface area contributed by atoms with Gasteiger partial charge in [-0.15, -0.1) is 11.3 Å². The second-order valence-corrected chi connectivity index (χ2v) is 9.45. The van der Waals surface area contributed by atoms with Crippen LogP contribution in [0.1, 0.15) is 35.2 Å². The van der Waals surface area contributed by atoms with E-state index in [9.17, 15) is 4.79 Å². The predicted molar refractivity (Wildman–Crippen MR) is 142 cm³/mol. The molecule has 0 spiro atoms. The minimum Gasteiger partial charge on any atom is -0.489 e. The number of ether oxygens (including phenoxy) is 1. The number of aromatic nitrogens is 1. The normalized spacial score (nSPS) is 12.0. The van der Waals surface area contributed by atoms with Crippen molar-refractivity contribution >= 4 is 17.2 Å². The minimum atomic E-state index is -0.360. The molecule has 1 N–H and O–H groups in total. The van der Waals surface area contributed by atoms with Crippen LogP contribution in [0.25, 0.3) is 0 Å². The van der Waals surface area contributed by atoms with Crippen LogP contribution in [-0.2, 0) is 17.9 Å². The Kier molecular flexibility index (Phi) is 8.65. The summed E-state index contributed by atoms with van der Waals surface area (Å²) in [5.41, 5.74) is 6.06. The molecule has 0 radical (unpaired) electrons. The van der Waals surface area contributed by atoms with Gasteiger partial charge in [-0.1, -0.05) is 72.8 Å². The van der Waals surface area contributed by atoms with Gasteiger partial charge in [-0.05, 0) is 42.8 Å². The van der Waals surface area contributed by atoms with Crippen molar-refractivity contribution in [2.24, 2.45) is 0 Å². The molecule has 0 aliphatic carbocycles. The van der Waals surface area contributed by atoms with Gasteiger partial charge in [0.15, 0.2) is 0 Å². The first-order valence-electron chi connectivity index (χ1n) is 11.8. The molecule has 5 nitrogen and oxygen atoms in total. The summed E-state index contributed by atoms with van der Waals surface area (Å²) in [6.45, 7) is 4.00. The van der Waals surface area contributed by atoms with Crippen LogP contribution in [0, 0.1) is 0 Å². The maximum absolute atomic E-state index is 13.2. The van der Waals surface area contributed by atoms with E-state index in [2.05, 4.69) is 39.8 Å². The van der Waals surface area contributed by atoms with Gasteiger partial charge in [-0.25, -0.2) is 4.98 Å². The van der Waals surface area contributed by atoms with E-state index in [1.807, 2.05) is 85.2 Å². The summed E-state index contributed by atoms with van der Waals surface area (Å²) >= 11 is 1.62. The standard InChI is InChI=1S/C29H31N3O2S/c1-22(34-27-15-9-10-23(16-27)18-32(2)19-26-20-35-21-31-26)17-30-29(33)28(24-11-5-3-6-12-24)25-13-7-4-8-14-25/h3-16,20-22,28H,17-19H2,1-2H3,(H,30,33)/t22-/m0/s1. The molecule has 0 fully saturated rings. The van der Waals surface area contributed by atoms with E-state index >= 15 is 0 Å². The Balaban J connectivity index is 1.34. The first-order chi connectivity index (χ1) is 17.1. The lowest BCUT2D eigenvalue weighted by Crippen LogP contribution is -2.37. The molecule has 0 aliphatic rings. The molecule has 1 amide bonds. The number of thiazole rings is 1. The molecule has 0 bridgehead atoms. The fourth-order valence-corrected chi connectivity index (χ4v) is 4.63. The van der Waals surface area contributed by atoms with Crippen LogP contribution in [-0.4, -0.2) is 35.5 Å². The smallest absolute Gasteiger partial charge is 0.232 e. The van der Waals surface area contributed by atoms with Crippen LogP contribution >= 0.6 is 11.3 Å². The lowest BCUT2D eigenvalue weighted by atomic mass is 9.90. The first kappa shape index (κ1) is 24.6. The van der Waals surface area contributed by atoms with Crippen LogP contribution < -0.4 is 10.1 Å². The first-order valence-corrected chi connectivity index (χ1v) is 12.7. The van der Waals surface area contributed by atoms with Crippen molar-refractivity contribution < 1.29 is 9.53 Å². The van der Waals surface area contributed by atoms with Gasteiger partial charge in [0, 0.05) is 18.5 Å². The Morgan fingerprint density at radius 3 is 2.29 bits per heavy atom. The van der Waals surface area contributed by atoms with E-state index < -0.39 is 0 Å². The van der Waals surface area contributed by atoms with Gasteiger partial charge in [0.25, 0.3) is 0 Å². The SMILES string of the molecule is C[C@@H](CNC(=O)C(c1ccccc1)c1ccccc1)Oc1cccc(CN(C)Cc2cscn2)c1.